The third-order valence-corrected chi connectivity index (χ3v) is 4.94. The van der Waals surface area contributed by atoms with E-state index in [0.717, 1.165) is 25.3 Å². The van der Waals surface area contributed by atoms with E-state index < -0.39 is 6.03 Å². The van der Waals surface area contributed by atoms with Crippen LogP contribution in [-0.2, 0) is 0 Å². The number of nitrogens with one attached hydrogen (secondary N) is 3. The molecular formula is C23H33N5O3. The molecule has 2 rings (SSSR count). The van der Waals surface area contributed by atoms with Crippen LogP contribution in [0, 0.1) is 0 Å². The number of methoxy groups -OCH3 is 1. The SMILES string of the molecule is CCN(CC)CCNC(=O)c1cc(NC(=O)Nc2ccccc2OC)ccc1N(C)C. The van der Waals surface area contributed by atoms with Crippen molar-refractivity contribution in [3.8, 4) is 5.75 Å². The average molecular weight is 428 g/mol. The Kier molecular flexibility index (Phi) is 9.14. The number of carbonyl (C=O) groups is 2. The highest BCUT2D eigenvalue weighted by molar-refractivity contribution is 6.04. The number of urea groups is 1. The fourth-order valence-electron chi connectivity index (χ4n) is 3.18. The van der Waals surface area contributed by atoms with Crippen LogP contribution in [-0.4, -0.2) is 64.2 Å². The van der Waals surface area contributed by atoms with Crippen molar-refractivity contribution in [2.24, 2.45) is 0 Å². The van der Waals surface area contributed by atoms with E-state index in [4.69, 9.17) is 4.74 Å². The molecule has 0 aliphatic heterocycles. The molecule has 8 nitrogen and oxygen atoms in total. The van der Waals surface area contributed by atoms with Gasteiger partial charge in [-0.2, -0.15) is 0 Å². The predicted molar refractivity (Wildman–Crippen MR) is 127 cm³/mol. The lowest BCUT2D eigenvalue weighted by molar-refractivity contribution is 0.0949. The zero-order valence-electron chi connectivity index (χ0n) is 19.0. The summed E-state index contributed by atoms with van der Waals surface area (Å²) in [5, 5.41) is 8.52. The van der Waals surface area contributed by atoms with Crippen LogP contribution in [0.2, 0.25) is 0 Å². The summed E-state index contributed by atoms with van der Waals surface area (Å²) in [6.45, 7) is 7.42. The minimum absolute atomic E-state index is 0.176. The maximum Gasteiger partial charge on any atom is 0.323 e. The summed E-state index contributed by atoms with van der Waals surface area (Å²) in [6, 6.07) is 12.0. The Labute approximate surface area is 184 Å². The molecule has 3 N–H and O–H groups in total. The van der Waals surface area contributed by atoms with Gasteiger partial charge in [-0.1, -0.05) is 26.0 Å². The number of hydrogen-bond donors (Lipinski definition) is 3. The zero-order valence-corrected chi connectivity index (χ0v) is 19.0. The van der Waals surface area contributed by atoms with E-state index in [1.54, 1.807) is 31.4 Å². The lowest BCUT2D eigenvalue weighted by Crippen LogP contribution is -2.35. The third kappa shape index (κ3) is 6.89. The number of carbonyl (C=O) groups excluding carboxylic acids is 2. The number of para-hydroxylation sites is 2. The number of hydrogen-bond acceptors (Lipinski definition) is 5. The summed E-state index contributed by atoms with van der Waals surface area (Å²) < 4.78 is 5.26. The molecule has 0 bridgehead atoms. The van der Waals surface area contributed by atoms with Crippen LogP contribution >= 0.6 is 0 Å². The van der Waals surface area contributed by atoms with Crippen LogP contribution < -0.4 is 25.6 Å². The highest BCUT2D eigenvalue weighted by atomic mass is 16.5. The molecule has 0 aromatic heterocycles. The molecule has 8 heteroatoms. The molecule has 0 atom stereocenters. The monoisotopic (exact) mass is 427 g/mol. The Bertz CT molecular complexity index is 881. The first-order valence-corrected chi connectivity index (χ1v) is 10.4. The fraction of sp³-hybridized carbons (Fsp3) is 0.391. The van der Waals surface area contributed by atoms with Crippen molar-refractivity contribution in [1.29, 1.82) is 0 Å². The molecule has 0 unspecified atom stereocenters. The van der Waals surface area contributed by atoms with Crippen molar-refractivity contribution in [3.63, 3.8) is 0 Å². The van der Waals surface area contributed by atoms with Crippen molar-refractivity contribution >= 4 is 29.0 Å². The number of rotatable bonds is 10. The molecular weight excluding hydrogens is 394 g/mol. The maximum atomic E-state index is 12.8. The first kappa shape index (κ1) is 24.0. The van der Waals surface area contributed by atoms with Crippen LogP contribution in [0.1, 0.15) is 24.2 Å². The van der Waals surface area contributed by atoms with E-state index in [2.05, 4.69) is 34.7 Å². The Morgan fingerprint density at radius 3 is 2.35 bits per heavy atom. The van der Waals surface area contributed by atoms with Gasteiger partial charge in [0.25, 0.3) is 5.91 Å². The molecule has 0 fully saturated rings. The van der Waals surface area contributed by atoms with Gasteiger partial charge in [0, 0.05) is 38.6 Å². The van der Waals surface area contributed by atoms with Crippen LogP contribution in [0.25, 0.3) is 0 Å². The Hall–Kier alpha value is -3.26. The van der Waals surface area contributed by atoms with Crippen molar-refractivity contribution in [2.75, 3.05) is 62.9 Å². The van der Waals surface area contributed by atoms with Crippen LogP contribution in [0.4, 0.5) is 21.9 Å². The Morgan fingerprint density at radius 1 is 1.00 bits per heavy atom. The van der Waals surface area contributed by atoms with Gasteiger partial charge in [-0.3, -0.25) is 4.79 Å². The molecule has 3 amide bonds. The van der Waals surface area contributed by atoms with Gasteiger partial charge in [-0.25, -0.2) is 4.79 Å². The van der Waals surface area contributed by atoms with Crippen LogP contribution in [0.15, 0.2) is 42.5 Å². The number of benzene rings is 2. The standard InChI is InChI=1S/C23H33N5O3/c1-6-28(7-2)15-14-24-22(29)18-16-17(12-13-20(18)27(3)4)25-23(30)26-19-10-8-9-11-21(19)31-5/h8-13,16H,6-7,14-15H2,1-5H3,(H,24,29)(H2,25,26,30). The normalized spacial score (nSPS) is 10.5. The van der Waals surface area contributed by atoms with Gasteiger partial charge in [0.1, 0.15) is 5.75 Å². The van der Waals surface area contributed by atoms with Gasteiger partial charge in [-0.05, 0) is 43.4 Å². The second-order valence-corrected chi connectivity index (χ2v) is 7.19. The highest BCUT2D eigenvalue weighted by Gasteiger charge is 2.15. The first-order valence-electron chi connectivity index (χ1n) is 10.4. The topological polar surface area (TPSA) is 85.9 Å². The van der Waals surface area contributed by atoms with Crippen molar-refractivity contribution in [2.45, 2.75) is 13.8 Å². The molecule has 2 aromatic rings. The van der Waals surface area contributed by atoms with Gasteiger partial charge in [-0.15, -0.1) is 0 Å². The minimum atomic E-state index is -0.421. The van der Waals surface area contributed by atoms with Gasteiger partial charge in [0.2, 0.25) is 0 Å². The molecule has 0 saturated heterocycles. The predicted octanol–water partition coefficient (Wildman–Crippen LogP) is 3.48. The lowest BCUT2D eigenvalue weighted by Gasteiger charge is -2.20. The largest absolute Gasteiger partial charge is 0.495 e. The lowest BCUT2D eigenvalue weighted by atomic mass is 10.1. The van der Waals surface area contributed by atoms with Crippen molar-refractivity contribution in [3.05, 3.63) is 48.0 Å². The van der Waals surface area contributed by atoms with Crippen molar-refractivity contribution in [1.82, 2.24) is 10.2 Å². The van der Waals surface area contributed by atoms with E-state index >= 15 is 0 Å². The van der Waals surface area contributed by atoms with Crippen LogP contribution in [0.3, 0.4) is 0 Å². The van der Waals surface area contributed by atoms with E-state index in [0.29, 0.717) is 29.2 Å². The molecule has 0 heterocycles. The first-order chi connectivity index (χ1) is 14.9. The van der Waals surface area contributed by atoms with Crippen LogP contribution in [0.5, 0.6) is 5.75 Å². The third-order valence-electron chi connectivity index (χ3n) is 4.94. The van der Waals surface area contributed by atoms with E-state index in [9.17, 15) is 9.59 Å². The number of amides is 3. The molecule has 0 saturated carbocycles. The summed E-state index contributed by atoms with van der Waals surface area (Å²) in [5.74, 6) is 0.388. The Morgan fingerprint density at radius 2 is 1.71 bits per heavy atom. The molecule has 31 heavy (non-hydrogen) atoms. The Balaban J connectivity index is 2.11. The maximum absolute atomic E-state index is 12.8. The molecule has 2 aromatic carbocycles. The molecule has 0 radical (unpaired) electrons. The quantitative estimate of drug-likeness (QED) is 0.541. The molecule has 0 aliphatic carbocycles. The number of nitrogens with zero attached hydrogens (tertiary/aromatic N) is 2. The van der Waals surface area contributed by atoms with Gasteiger partial charge < -0.3 is 30.5 Å². The van der Waals surface area contributed by atoms with E-state index in [-0.39, 0.29) is 5.91 Å². The van der Waals surface area contributed by atoms with Gasteiger partial charge in [0.05, 0.1) is 18.4 Å². The highest BCUT2D eigenvalue weighted by Crippen LogP contribution is 2.25. The summed E-state index contributed by atoms with van der Waals surface area (Å²) >= 11 is 0. The van der Waals surface area contributed by atoms with Gasteiger partial charge in [0.15, 0.2) is 0 Å². The fourth-order valence-corrected chi connectivity index (χ4v) is 3.18. The minimum Gasteiger partial charge on any atom is -0.495 e. The van der Waals surface area contributed by atoms with Gasteiger partial charge >= 0.3 is 6.03 Å². The summed E-state index contributed by atoms with van der Waals surface area (Å²) in [4.78, 5) is 29.4. The summed E-state index contributed by atoms with van der Waals surface area (Å²) in [5.41, 5.74) is 2.35. The molecule has 0 aliphatic rings. The van der Waals surface area contributed by atoms with Crippen molar-refractivity contribution < 1.29 is 14.3 Å². The molecule has 0 spiro atoms. The second-order valence-electron chi connectivity index (χ2n) is 7.19. The number of anilines is 3. The molecule has 168 valence electrons. The number of ether oxygens (including phenoxy) is 1. The summed E-state index contributed by atoms with van der Waals surface area (Å²) in [6.07, 6.45) is 0. The smallest absolute Gasteiger partial charge is 0.323 e. The second kappa shape index (κ2) is 11.8. The summed E-state index contributed by atoms with van der Waals surface area (Å²) in [7, 11) is 5.30. The number of likely N-dealkylation sites (N-methyl/N-ethyl adjacent to an activating group) is 1. The zero-order chi connectivity index (χ0) is 22.8. The van der Waals surface area contributed by atoms with E-state index in [1.165, 1.54) is 0 Å². The van der Waals surface area contributed by atoms with E-state index in [1.807, 2.05) is 37.2 Å². The average Bonchev–Trinajstić information content (AvgIpc) is 2.76.